The molecule has 3 N–H and O–H groups in total. The fourth-order valence-electron chi connectivity index (χ4n) is 2.10. The topological polar surface area (TPSA) is 55.1 Å². The van der Waals surface area contributed by atoms with Crippen molar-refractivity contribution in [2.75, 3.05) is 6.54 Å². The first-order chi connectivity index (χ1) is 8.64. The molecule has 1 saturated carbocycles. The van der Waals surface area contributed by atoms with Gasteiger partial charge in [-0.15, -0.1) is 0 Å². The van der Waals surface area contributed by atoms with Crippen LogP contribution in [0.4, 0.5) is 0 Å². The smallest absolute Gasteiger partial charge is 0.244 e. The highest BCUT2D eigenvalue weighted by Gasteiger charge is 2.41. The lowest BCUT2D eigenvalue weighted by atomic mass is 9.96. The molecule has 1 unspecified atom stereocenters. The molecular formula is C15H20N2O. The van der Waals surface area contributed by atoms with Crippen molar-refractivity contribution in [3.63, 3.8) is 0 Å². The third-order valence-electron chi connectivity index (χ3n) is 3.54. The van der Waals surface area contributed by atoms with E-state index in [-0.39, 0.29) is 11.4 Å². The van der Waals surface area contributed by atoms with Crippen LogP contribution >= 0.6 is 0 Å². The van der Waals surface area contributed by atoms with Gasteiger partial charge in [0.25, 0.3) is 0 Å². The third-order valence-corrected chi connectivity index (χ3v) is 3.54. The summed E-state index contributed by atoms with van der Waals surface area (Å²) in [5.74, 6) is 0.468. The summed E-state index contributed by atoms with van der Waals surface area (Å²) in [5, 5.41) is 3.02. The number of hydrogen-bond donors (Lipinski definition) is 2. The Labute approximate surface area is 108 Å². The largest absolute Gasteiger partial charge is 0.346 e. The summed E-state index contributed by atoms with van der Waals surface area (Å²) in [6.07, 6.45) is 5.72. The first-order valence-corrected chi connectivity index (χ1v) is 6.39. The Morgan fingerprint density at radius 2 is 2.11 bits per heavy atom. The van der Waals surface area contributed by atoms with Crippen LogP contribution in [0.5, 0.6) is 0 Å². The van der Waals surface area contributed by atoms with Crippen molar-refractivity contribution in [3.05, 3.63) is 42.0 Å². The number of hydrogen-bond acceptors (Lipinski definition) is 2. The average molecular weight is 244 g/mol. The van der Waals surface area contributed by atoms with E-state index in [0.29, 0.717) is 12.5 Å². The molecule has 96 valence electrons. The summed E-state index contributed by atoms with van der Waals surface area (Å²) in [6.45, 7) is 2.52. The third kappa shape index (κ3) is 3.20. The second kappa shape index (κ2) is 5.36. The summed E-state index contributed by atoms with van der Waals surface area (Å²) in [5.41, 5.74) is 6.53. The molecule has 1 atom stereocenters. The minimum absolute atomic E-state index is 0.0706. The number of carbonyl (C=O) groups is 1. The molecule has 1 fully saturated rings. The fourth-order valence-corrected chi connectivity index (χ4v) is 2.10. The second-order valence-electron chi connectivity index (χ2n) is 5.13. The molecule has 1 aliphatic rings. The summed E-state index contributed by atoms with van der Waals surface area (Å²) >= 11 is 0. The standard InChI is InChI=1S/C15H20N2O/c1-15(11-16,13-8-9-13)17-14(18)10-7-12-5-3-2-4-6-12/h2-7,10,13H,8-9,11,16H2,1H3,(H,17,18)/b10-7+. The van der Waals surface area contributed by atoms with Gasteiger partial charge < -0.3 is 11.1 Å². The second-order valence-corrected chi connectivity index (χ2v) is 5.13. The monoisotopic (exact) mass is 244 g/mol. The van der Waals surface area contributed by atoms with E-state index >= 15 is 0 Å². The SMILES string of the molecule is CC(CN)(NC(=O)/C=C/c1ccccc1)C1CC1. The maximum absolute atomic E-state index is 11.9. The Hall–Kier alpha value is -1.61. The first-order valence-electron chi connectivity index (χ1n) is 6.39. The van der Waals surface area contributed by atoms with Crippen LogP contribution in [0.1, 0.15) is 25.3 Å². The van der Waals surface area contributed by atoms with Crippen molar-refractivity contribution in [3.8, 4) is 0 Å². The van der Waals surface area contributed by atoms with Crippen LogP contribution in [0.3, 0.4) is 0 Å². The lowest BCUT2D eigenvalue weighted by molar-refractivity contribution is -0.118. The predicted molar refractivity (Wildman–Crippen MR) is 73.8 cm³/mol. The quantitative estimate of drug-likeness (QED) is 0.778. The molecule has 3 nitrogen and oxygen atoms in total. The van der Waals surface area contributed by atoms with Crippen LogP contribution < -0.4 is 11.1 Å². The van der Waals surface area contributed by atoms with Crippen molar-refractivity contribution in [2.45, 2.75) is 25.3 Å². The number of benzene rings is 1. The molecule has 0 aliphatic heterocycles. The highest BCUT2D eigenvalue weighted by atomic mass is 16.1. The van der Waals surface area contributed by atoms with Gasteiger partial charge in [0, 0.05) is 12.6 Å². The molecule has 1 aliphatic carbocycles. The van der Waals surface area contributed by atoms with Gasteiger partial charge in [0.15, 0.2) is 0 Å². The van der Waals surface area contributed by atoms with E-state index in [1.54, 1.807) is 6.08 Å². The lowest BCUT2D eigenvalue weighted by Gasteiger charge is -2.28. The molecule has 1 aromatic rings. The van der Waals surface area contributed by atoms with Crippen molar-refractivity contribution in [2.24, 2.45) is 11.7 Å². The summed E-state index contributed by atoms with van der Waals surface area (Å²) < 4.78 is 0. The van der Waals surface area contributed by atoms with Crippen molar-refractivity contribution < 1.29 is 4.79 Å². The minimum Gasteiger partial charge on any atom is -0.346 e. The Balaban J connectivity index is 1.94. The summed E-state index contributed by atoms with van der Waals surface area (Å²) in [6, 6.07) is 9.78. The Morgan fingerprint density at radius 3 is 2.67 bits per heavy atom. The Kier molecular flexibility index (Phi) is 3.82. The van der Waals surface area contributed by atoms with Gasteiger partial charge in [-0.1, -0.05) is 30.3 Å². The fraction of sp³-hybridized carbons (Fsp3) is 0.400. The average Bonchev–Trinajstić information content (AvgIpc) is 3.22. The number of nitrogens with two attached hydrogens (primary N) is 1. The van der Waals surface area contributed by atoms with E-state index in [1.807, 2.05) is 43.3 Å². The zero-order chi connectivity index (χ0) is 13.0. The molecule has 0 radical (unpaired) electrons. The highest BCUT2D eigenvalue weighted by Crippen LogP contribution is 2.38. The van der Waals surface area contributed by atoms with Crippen LogP contribution in [0.15, 0.2) is 36.4 Å². The van der Waals surface area contributed by atoms with Gasteiger partial charge in [-0.05, 0) is 37.3 Å². The summed E-state index contributed by atoms with van der Waals surface area (Å²) in [7, 11) is 0. The molecule has 0 aromatic heterocycles. The van der Waals surface area contributed by atoms with Gasteiger partial charge in [-0.2, -0.15) is 0 Å². The van der Waals surface area contributed by atoms with Crippen molar-refractivity contribution in [1.82, 2.24) is 5.32 Å². The van der Waals surface area contributed by atoms with Crippen molar-refractivity contribution in [1.29, 1.82) is 0 Å². The maximum Gasteiger partial charge on any atom is 0.244 e. The zero-order valence-electron chi connectivity index (χ0n) is 10.7. The van der Waals surface area contributed by atoms with E-state index < -0.39 is 0 Å². The highest BCUT2D eigenvalue weighted by molar-refractivity contribution is 5.92. The van der Waals surface area contributed by atoms with Gasteiger partial charge in [0.05, 0.1) is 5.54 Å². The molecule has 18 heavy (non-hydrogen) atoms. The molecule has 0 spiro atoms. The number of rotatable bonds is 5. The van der Waals surface area contributed by atoms with Crippen LogP contribution in [0.25, 0.3) is 6.08 Å². The summed E-state index contributed by atoms with van der Waals surface area (Å²) in [4.78, 5) is 11.9. The molecule has 1 aromatic carbocycles. The number of amides is 1. The number of nitrogens with one attached hydrogen (secondary N) is 1. The number of carbonyl (C=O) groups excluding carboxylic acids is 1. The van der Waals surface area contributed by atoms with Gasteiger partial charge in [0.2, 0.25) is 5.91 Å². The molecule has 1 amide bonds. The normalized spacial score (nSPS) is 18.6. The minimum atomic E-state index is -0.252. The van der Waals surface area contributed by atoms with Crippen LogP contribution in [0.2, 0.25) is 0 Å². The van der Waals surface area contributed by atoms with E-state index in [9.17, 15) is 4.79 Å². The van der Waals surface area contributed by atoms with E-state index in [4.69, 9.17) is 5.73 Å². The zero-order valence-corrected chi connectivity index (χ0v) is 10.7. The molecule has 0 saturated heterocycles. The van der Waals surface area contributed by atoms with Crippen LogP contribution in [-0.4, -0.2) is 18.0 Å². The maximum atomic E-state index is 11.9. The molecule has 2 rings (SSSR count). The predicted octanol–water partition coefficient (Wildman–Crippen LogP) is 1.94. The first kappa shape index (κ1) is 12.8. The van der Waals surface area contributed by atoms with Crippen LogP contribution in [-0.2, 0) is 4.79 Å². The van der Waals surface area contributed by atoms with E-state index in [1.165, 1.54) is 0 Å². The van der Waals surface area contributed by atoms with Crippen LogP contribution in [0, 0.1) is 5.92 Å². The van der Waals surface area contributed by atoms with Gasteiger partial charge in [0.1, 0.15) is 0 Å². The van der Waals surface area contributed by atoms with Gasteiger partial charge >= 0.3 is 0 Å². The molecule has 0 bridgehead atoms. The molecule has 0 heterocycles. The van der Waals surface area contributed by atoms with Gasteiger partial charge in [-0.3, -0.25) is 4.79 Å². The van der Waals surface area contributed by atoms with E-state index in [2.05, 4.69) is 5.32 Å². The van der Waals surface area contributed by atoms with Crippen molar-refractivity contribution >= 4 is 12.0 Å². The molecular weight excluding hydrogens is 224 g/mol. The van der Waals surface area contributed by atoms with Gasteiger partial charge in [-0.25, -0.2) is 0 Å². The van der Waals surface area contributed by atoms with E-state index in [0.717, 1.165) is 18.4 Å². The Morgan fingerprint density at radius 1 is 1.44 bits per heavy atom. The molecule has 3 heteroatoms. The Bertz CT molecular complexity index is 437. The lowest BCUT2D eigenvalue weighted by Crippen LogP contribution is -2.52.